The van der Waals surface area contributed by atoms with Gasteiger partial charge in [0.05, 0.1) is 31.6 Å². The molecule has 0 spiro atoms. The molecule has 1 aliphatic heterocycles. The molecule has 4 aromatic rings. The first-order chi connectivity index (χ1) is 21.5. The number of carbonyl (C=O) groups excluding carboxylic acids is 2. The Bertz CT molecular complexity index is 1670. The summed E-state index contributed by atoms with van der Waals surface area (Å²) in [6, 6.07) is 12.3. The topological polar surface area (TPSA) is 138 Å². The average Bonchev–Trinajstić information content (AvgIpc) is 3.44. The van der Waals surface area contributed by atoms with Gasteiger partial charge in [-0.2, -0.15) is 18.3 Å². The van der Waals surface area contributed by atoms with Crippen LogP contribution in [0.2, 0.25) is 0 Å². The lowest BCUT2D eigenvalue weighted by molar-refractivity contribution is -0.143. The Morgan fingerprint density at radius 3 is 2.36 bits per heavy atom. The van der Waals surface area contributed by atoms with Crippen molar-refractivity contribution in [2.75, 3.05) is 45.2 Å². The van der Waals surface area contributed by atoms with E-state index in [4.69, 9.17) is 10.5 Å². The van der Waals surface area contributed by atoms with Gasteiger partial charge in [-0.05, 0) is 48.9 Å². The molecule has 14 heteroatoms. The highest BCUT2D eigenvalue weighted by atomic mass is 19.4. The van der Waals surface area contributed by atoms with E-state index in [-0.39, 0.29) is 42.2 Å². The number of halogens is 3. The van der Waals surface area contributed by atoms with E-state index in [9.17, 15) is 27.9 Å². The summed E-state index contributed by atoms with van der Waals surface area (Å²) in [7, 11) is 1.49. The lowest BCUT2D eigenvalue weighted by Gasteiger charge is -2.38. The van der Waals surface area contributed by atoms with Gasteiger partial charge in [0.2, 0.25) is 0 Å². The van der Waals surface area contributed by atoms with Crippen LogP contribution < -0.4 is 15.8 Å². The van der Waals surface area contributed by atoms with Crippen LogP contribution in [0.4, 0.5) is 23.7 Å². The van der Waals surface area contributed by atoms with Gasteiger partial charge in [0.15, 0.2) is 11.3 Å². The lowest BCUT2D eigenvalue weighted by atomic mass is 10.0. The molecule has 4 N–H and O–H groups in total. The highest BCUT2D eigenvalue weighted by molar-refractivity contribution is 6.00. The molecule has 5 rings (SSSR count). The third-order valence-electron chi connectivity index (χ3n) is 7.50. The van der Waals surface area contributed by atoms with E-state index in [2.05, 4.69) is 28.6 Å². The number of amides is 3. The number of piperazine rings is 1. The molecule has 1 saturated heterocycles. The fourth-order valence-corrected chi connectivity index (χ4v) is 5.39. The number of carbonyl (C=O) groups is 2. The molecule has 1 aliphatic rings. The number of benzene rings is 2. The number of nitrogens with two attached hydrogens (primary N) is 1. The second kappa shape index (κ2) is 13.8. The second-order valence-corrected chi connectivity index (χ2v) is 10.1. The van der Waals surface area contributed by atoms with Crippen LogP contribution in [0, 0.1) is 6.92 Å². The van der Waals surface area contributed by atoms with Crippen molar-refractivity contribution in [1.29, 1.82) is 0 Å². The molecule has 1 atom stereocenters. The first-order valence-corrected chi connectivity index (χ1v) is 13.9. The second-order valence-electron chi connectivity index (χ2n) is 10.1. The Morgan fingerprint density at radius 2 is 1.78 bits per heavy atom. The maximum atomic E-state index is 14.3. The fourth-order valence-electron chi connectivity index (χ4n) is 5.39. The van der Waals surface area contributed by atoms with Gasteiger partial charge in [0, 0.05) is 43.0 Å². The number of nitrogens with zero attached hydrogens (tertiary/aromatic N) is 5. The molecule has 45 heavy (non-hydrogen) atoms. The molecular formula is C31H34F3N7O4. The number of fused-ring (bicyclic) bond motifs is 1. The maximum Gasteiger partial charge on any atom is 0.433 e. The number of rotatable bonds is 7. The number of nitrogens with one attached hydrogen (secondary N) is 1. The summed E-state index contributed by atoms with van der Waals surface area (Å²) < 4.78 is 48.7. The van der Waals surface area contributed by atoms with Crippen LogP contribution in [0.1, 0.15) is 33.2 Å². The molecule has 11 nitrogen and oxygen atoms in total. The minimum Gasteiger partial charge on any atom is -0.497 e. The summed E-state index contributed by atoms with van der Waals surface area (Å²) in [6.45, 7) is 8.42. The third-order valence-corrected chi connectivity index (χ3v) is 7.50. The van der Waals surface area contributed by atoms with Crippen molar-refractivity contribution in [3.05, 3.63) is 90.3 Å². The number of aliphatic hydroxyl groups excluding tert-OH is 1. The minimum atomic E-state index is -4.76. The molecular weight excluding hydrogens is 591 g/mol. The van der Waals surface area contributed by atoms with Gasteiger partial charge in [-0.1, -0.05) is 12.1 Å². The normalized spacial score (nSPS) is 14.4. The van der Waals surface area contributed by atoms with E-state index >= 15 is 0 Å². The van der Waals surface area contributed by atoms with Crippen LogP contribution >= 0.6 is 0 Å². The quantitative estimate of drug-likeness (QED) is 0.257. The lowest BCUT2D eigenvalue weighted by Crippen LogP contribution is -2.50. The molecule has 2 aromatic carbocycles. The van der Waals surface area contributed by atoms with Crippen LogP contribution in [0.3, 0.4) is 0 Å². The van der Waals surface area contributed by atoms with Gasteiger partial charge < -0.3 is 25.8 Å². The number of methoxy groups -OCH3 is 1. The Balaban J connectivity index is 0.00000226. The van der Waals surface area contributed by atoms with Gasteiger partial charge in [-0.25, -0.2) is 14.3 Å². The van der Waals surface area contributed by atoms with Crippen molar-refractivity contribution in [2.24, 2.45) is 5.73 Å². The van der Waals surface area contributed by atoms with Gasteiger partial charge in [0.1, 0.15) is 11.3 Å². The number of ether oxygens (including phenoxy) is 1. The van der Waals surface area contributed by atoms with E-state index in [1.807, 2.05) is 11.0 Å². The summed E-state index contributed by atoms with van der Waals surface area (Å²) in [6.07, 6.45) is -3.63. The van der Waals surface area contributed by atoms with Gasteiger partial charge in [-0.3, -0.25) is 9.69 Å². The van der Waals surface area contributed by atoms with Crippen molar-refractivity contribution in [3.63, 3.8) is 0 Å². The largest absolute Gasteiger partial charge is 0.497 e. The summed E-state index contributed by atoms with van der Waals surface area (Å²) in [5.74, 6) is 0.0457. The summed E-state index contributed by atoms with van der Waals surface area (Å²) >= 11 is 0. The first kappa shape index (κ1) is 33.0. The summed E-state index contributed by atoms with van der Waals surface area (Å²) in [4.78, 5) is 32.9. The smallest absolute Gasteiger partial charge is 0.433 e. The molecule has 3 amide bonds. The highest BCUT2D eigenvalue weighted by Gasteiger charge is 2.39. The number of aromatic nitrogens is 3. The van der Waals surface area contributed by atoms with E-state index in [1.54, 1.807) is 42.5 Å². The number of aliphatic hydroxyl groups is 1. The van der Waals surface area contributed by atoms with Crippen molar-refractivity contribution >= 4 is 23.3 Å². The molecule has 0 radical (unpaired) electrons. The minimum absolute atomic E-state index is 0.0438. The van der Waals surface area contributed by atoms with Gasteiger partial charge in [-0.15, -0.1) is 13.2 Å². The summed E-state index contributed by atoms with van der Waals surface area (Å²) in [5.41, 5.74) is 5.61. The predicted octanol–water partition coefficient (Wildman–Crippen LogP) is 4.52. The standard InChI is InChI=1S/C29H30F3N7O4.C2H4/c1-17-24(18-6-8-21(43-2)9-7-18)36-26-22(15-34-39(26)25(17)29(30,31)32)27(41)38-12-10-37(11-13-38)23(16-40)19-4-3-5-20(14-19)35-28(33)42;1-2/h3-9,14-15,23,40H,10-13,16H2,1-2H3,(H3,33,35,42);1-2H2/t23-;/m1./s1. The van der Waals surface area contributed by atoms with Crippen LogP contribution in [-0.4, -0.2) is 81.3 Å². The molecule has 238 valence electrons. The predicted molar refractivity (Wildman–Crippen MR) is 163 cm³/mol. The van der Waals surface area contributed by atoms with Crippen molar-refractivity contribution in [2.45, 2.75) is 19.1 Å². The summed E-state index contributed by atoms with van der Waals surface area (Å²) in [5, 5.41) is 16.6. The van der Waals surface area contributed by atoms with Crippen molar-refractivity contribution < 1.29 is 32.6 Å². The first-order valence-electron chi connectivity index (χ1n) is 13.9. The number of hydrogen-bond donors (Lipinski definition) is 3. The Kier molecular flexibility index (Phi) is 10.1. The monoisotopic (exact) mass is 625 g/mol. The maximum absolute atomic E-state index is 14.3. The number of alkyl halides is 3. The molecule has 0 bridgehead atoms. The zero-order valence-corrected chi connectivity index (χ0v) is 24.8. The van der Waals surface area contributed by atoms with Crippen molar-refractivity contribution in [3.8, 4) is 17.0 Å². The molecule has 1 fully saturated rings. The van der Waals surface area contributed by atoms with Gasteiger partial charge in [0.25, 0.3) is 5.91 Å². The van der Waals surface area contributed by atoms with Crippen molar-refractivity contribution in [1.82, 2.24) is 24.4 Å². The van der Waals surface area contributed by atoms with Crippen LogP contribution in [-0.2, 0) is 6.18 Å². The number of hydrogen-bond acceptors (Lipinski definition) is 7. The van der Waals surface area contributed by atoms with E-state index in [1.165, 1.54) is 18.9 Å². The molecule has 0 aliphatic carbocycles. The molecule has 0 unspecified atom stereocenters. The average molecular weight is 626 g/mol. The van der Waals surface area contributed by atoms with Gasteiger partial charge >= 0.3 is 12.2 Å². The zero-order valence-electron chi connectivity index (χ0n) is 24.8. The Morgan fingerprint density at radius 1 is 1.11 bits per heavy atom. The highest BCUT2D eigenvalue weighted by Crippen LogP contribution is 2.37. The molecule has 0 saturated carbocycles. The zero-order chi connectivity index (χ0) is 32.9. The van der Waals surface area contributed by atoms with Crippen LogP contribution in [0.5, 0.6) is 5.75 Å². The van der Waals surface area contributed by atoms with Crippen LogP contribution in [0.25, 0.3) is 16.9 Å². The number of primary amides is 1. The Labute approximate surface area is 257 Å². The fraction of sp³-hybridized carbons (Fsp3) is 0.290. The number of urea groups is 1. The van der Waals surface area contributed by atoms with E-state index < -0.39 is 29.9 Å². The third kappa shape index (κ3) is 6.91. The molecule has 2 aromatic heterocycles. The molecule has 3 heterocycles. The Hall–Kier alpha value is -4.95. The van der Waals surface area contributed by atoms with Crippen LogP contribution in [0.15, 0.2) is 67.9 Å². The van der Waals surface area contributed by atoms with E-state index in [0.29, 0.717) is 34.6 Å². The van der Waals surface area contributed by atoms with E-state index in [0.717, 1.165) is 11.8 Å². The SMILES string of the molecule is C=C.COc1ccc(-c2nc3c(C(=O)N4CCN([C@H](CO)c5cccc(NC(N)=O)c5)CC4)cnn3c(C(F)(F)F)c2C)cc1. The number of anilines is 1.